The number of hydrogen-bond donors (Lipinski definition) is 2. The Kier molecular flexibility index (Phi) is 5.75. The summed E-state index contributed by atoms with van der Waals surface area (Å²) in [4.78, 5) is 21.5. The molecule has 0 aromatic carbocycles. The molecular weight excluding hydrogens is 412 g/mol. The molecule has 0 radical (unpaired) electrons. The van der Waals surface area contributed by atoms with Crippen molar-refractivity contribution in [1.82, 2.24) is 40.4 Å². The van der Waals surface area contributed by atoms with Crippen LogP contribution in [0.1, 0.15) is 51.3 Å². The monoisotopic (exact) mass is 436 g/mol. The standard InChI is InChI=1S/C17H25BrN8O/c1-5-13(27)25-8-6-7-11(10-25)20-14(15-19-9-12(18)21-15)16-22-23-24-26(16)17(2,3)4/h5,9,11,14,20H,1,6-8,10H2,2-4H3,(H,19,21). The lowest BCUT2D eigenvalue weighted by Crippen LogP contribution is -2.49. The Morgan fingerprint density at radius 2 is 2.30 bits per heavy atom. The van der Waals surface area contributed by atoms with Gasteiger partial charge < -0.3 is 9.88 Å². The van der Waals surface area contributed by atoms with E-state index in [1.165, 1.54) is 6.08 Å². The van der Waals surface area contributed by atoms with Gasteiger partial charge in [0.25, 0.3) is 0 Å². The van der Waals surface area contributed by atoms with Gasteiger partial charge in [-0.25, -0.2) is 9.67 Å². The van der Waals surface area contributed by atoms with E-state index in [1.807, 2.05) is 25.7 Å². The largest absolute Gasteiger partial charge is 0.338 e. The van der Waals surface area contributed by atoms with Gasteiger partial charge in [-0.2, -0.15) is 0 Å². The van der Waals surface area contributed by atoms with Gasteiger partial charge in [0.15, 0.2) is 5.82 Å². The molecule has 2 N–H and O–H groups in total. The fraction of sp³-hybridized carbons (Fsp3) is 0.588. The first-order chi connectivity index (χ1) is 12.8. The average molecular weight is 437 g/mol. The molecule has 0 spiro atoms. The third-order valence-electron chi connectivity index (χ3n) is 4.54. The molecule has 27 heavy (non-hydrogen) atoms. The minimum atomic E-state index is -0.325. The molecule has 2 atom stereocenters. The van der Waals surface area contributed by atoms with Crippen LogP contribution in [0.2, 0.25) is 0 Å². The second-order valence-corrected chi connectivity index (χ2v) is 8.52. The van der Waals surface area contributed by atoms with Gasteiger partial charge in [0.2, 0.25) is 5.91 Å². The summed E-state index contributed by atoms with van der Waals surface area (Å²) >= 11 is 3.42. The van der Waals surface area contributed by atoms with Gasteiger partial charge in [-0.05, 0) is 66.0 Å². The van der Waals surface area contributed by atoms with Crippen molar-refractivity contribution < 1.29 is 4.79 Å². The van der Waals surface area contributed by atoms with Crippen molar-refractivity contribution in [2.24, 2.45) is 0 Å². The summed E-state index contributed by atoms with van der Waals surface area (Å²) in [5.41, 5.74) is -0.278. The maximum Gasteiger partial charge on any atom is 0.246 e. The van der Waals surface area contributed by atoms with Crippen molar-refractivity contribution >= 4 is 21.8 Å². The molecule has 2 unspecified atom stereocenters. The van der Waals surface area contributed by atoms with Gasteiger partial charge in [0.05, 0.1) is 11.7 Å². The summed E-state index contributed by atoms with van der Waals surface area (Å²) in [5.74, 6) is 1.35. The number of piperidine rings is 1. The van der Waals surface area contributed by atoms with Gasteiger partial charge in [-0.15, -0.1) is 5.10 Å². The molecule has 1 amide bonds. The number of amides is 1. The predicted molar refractivity (Wildman–Crippen MR) is 104 cm³/mol. The van der Waals surface area contributed by atoms with Crippen LogP contribution in [0.3, 0.4) is 0 Å². The number of nitrogens with zero attached hydrogens (tertiary/aromatic N) is 6. The highest BCUT2D eigenvalue weighted by atomic mass is 79.9. The Morgan fingerprint density at radius 1 is 1.52 bits per heavy atom. The first-order valence-electron chi connectivity index (χ1n) is 8.96. The van der Waals surface area contributed by atoms with Gasteiger partial charge in [-0.3, -0.25) is 10.1 Å². The Balaban J connectivity index is 1.89. The topological polar surface area (TPSA) is 105 Å². The quantitative estimate of drug-likeness (QED) is 0.691. The Bertz CT molecular complexity index is 808. The van der Waals surface area contributed by atoms with Crippen LogP contribution in [0.25, 0.3) is 0 Å². The van der Waals surface area contributed by atoms with E-state index in [1.54, 1.807) is 10.9 Å². The van der Waals surface area contributed by atoms with E-state index in [9.17, 15) is 4.79 Å². The highest BCUT2D eigenvalue weighted by Gasteiger charge is 2.32. The summed E-state index contributed by atoms with van der Waals surface area (Å²) in [6.45, 7) is 11.1. The lowest BCUT2D eigenvalue weighted by molar-refractivity contribution is -0.127. The molecule has 3 rings (SSSR count). The van der Waals surface area contributed by atoms with Crippen LogP contribution in [0.5, 0.6) is 0 Å². The number of imidazole rings is 1. The van der Waals surface area contributed by atoms with E-state index in [0.29, 0.717) is 18.2 Å². The second-order valence-electron chi connectivity index (χ2n) is 7.66. The minimum Gasteiger partial charge on any atom is -0.338 e. The maximum absolute atomic E-state index is 12.0. The van der Waals surface area contributed by atoms with Crippen LogP contribution in [0.15, 0.2) is 23.5 Å². The van der Waals surface area contributed by atoms with Crippen molar-refractivity contribution in [1.29, 1.82) is 0 Å². The molecule has 2 aromatic rings. The molecule has 1 aliphatic heterocycles. The molecular formula is C17H25BrN8O. The van der Waals surface area contributed by atoms with Crippen LogP contribution < -0.4 is 5.32 Å². The van der Waals surface area contributed by atoms with Crippen molar-refractivity contribution in [2.45, 2.75) is 51.2 Å². The third-order valence-corrected chi connectivity index (χ3v) is 4.94. The van der Waals surface area contributed by atoms with E-state index < -0.39 is 0 Å². The number of likely N-dealkylation sites (tertiary alicyclic amines) is 1. The number of rotatable bonds is 5. The van der Waals surface area contributed by atoms with Crippen molar-refractivity contribution in [2.75, 3.05) is 13.1 Å². The number of carbonyl (C=O) groups is 1. The van der Waals surface area contributed by atoms with Crippen LogP contribution in [-0.2, 0) is 10.3 Å². The molecule has 1 fully saturated rings. The van der Waals surface area contributed by atoms with Gasteiger partial charge >= 0.3 is 0 Å². The zero-order valence-electron chi connectivity index (χ0n) is 15.8. The normalized spacial score (nSPS) is 19.1. The fourth-order valence-corrected chi connectivity index (χ4v) is 3.57. The smallest absolute Gasteiger partial charge is 0.246 e. The number of H-pyrrole nitrogens is 1. The van der Waals surface area contributed by atoms with Crippen LogP contribution in [0, 0.1) is 0 Å². The molecule has 0 aliphatic carbocycles. The number of nitrogens with one attached hydrogen (secondary N) is 2. The number of aromatic amines is 1. The molecule has 1 saturated heterocycles. The number of tetrazole rings is 1. The lowest BCUT2D eigenvalue weighted by atomic mass is 10.0. The van der Waals surface area contributed by atoms with Gasteiger partial charge in [0, 0.05) is 19.1 Å². The van der Waals surface area contributed by atoms with E-state index in [4.69, 9.17) is 0 Å². The summed E-state index contributed by atoms with van der Waals surface area (Å²) in [7, 11) is 0. The molecule has 1 aliphatic rings. The Hall–Kier alpha value is -2.07. The van der Waals surface area contributed by atoms with Crippen LogP contribution in [-0.4, -0.2) is 60.1 Å². The van der Waals surface area contributed by atoms with Crippen molar-refractivity contribution in [3.05, 3.63) is 35.1 Å². The molecule has 0 bridgehead atoms. The average Bonchev–Trinajstić information content (AvgIpc) is 3.28. The Labute approximate surface area is 166 Å². The Morgan fingerprint density at radius 3 is 2.93 bits per heavy atom. The highest BCUT2D eigenvalue weighted by Crippen LogP contribution is 2.25. The van der Waals surface area contributed by atoms with E-state index in [0.717, 1.165) is 24.0 Å². The lowest BCUT2D eigenvalue weighted by Gasteiger charge is -2.34. The second kappa shape index (κ2) is 7.89. The molecule has 3 heterocycles. The number of hydrogen-bond acceptors (Lipinski definition) is 6. The summed E-state index contributed by atoms with van der Waals surface area (Å²) in [6, 6.07) is -0.226. The molecule has 10 heteroatoms. The predicted octanol–water partition coefficient (Wildman–Crippen LogP) is 1.77. The summed E-state index contributed by atoms with van der Waals surface area (Å²) in [5, 5.41) is 15.9. The SMILES string of the molecule is C=CC(=O)N1CCCC(NC(c2ncc(Br)[nH]2)c2nnnn2C(C)(C)C)C1. The van der Waals surface area contributed by atoms with Gasteiger partial charge in [0.1, 0.15) is 16.5 Å². The molecule has 146 valence electrons. The van der Waals surface area contributed by atoms with E-state index >= 15 is 0 Å². The summed E-state index contributed by atoms with van der Waals surface area (Å²) < 4.78 is 2.59. The fourth-order valence-electron chi connectivity index (χ4n) is 3.27. The molecule has 0 saturated carbocycles. The number of carbonyl (C=O) groups excluding carboxylic acids is 1. The number of aromatic nitrogens is 6. The summed E-state index contributed by atoms with van der Waals surface area (Å²) in [6.07, 6.45) is 4.96. The zero-order chi connectivity index (χ0) is 19.6. The molecule has 9 nitrogen and oxygen atoms in total. The van der Waals surface area contributed by atoms with E-state index in [2.05, 4.69) is 53.3 Å². The third kappa shape index (κ3) is 4.44. The van der Waals surface area contributed by atoms with E-state index in [-0.39, 0.29) is 23.5 Å². The minimum absolute atomic E-state index is 0.0432. The van der Waals surface area contributed by atoms with Gasteiger partial charge in [-0.1, -0.05) is 6.58 Å². The first kappa shape index (κ1) is 19.7. The van der Waals surface area contributed by atoms with Crippen molar-refractivity contribution in [3.63, 3.8) is 0 Å². The number of halogens is 1. The van der Waals surface area contributed by atoms with Crippen LogP contribution in [0.4, 0.5) is 0 Å². The highest BCUT2D eigenvalue weighted by molar-refractivity contribution is 9.10. The molecule has 2 aromatic heterocycles. The maximum atomic E-state index is 12.0. The van der Waals surface area contributed by atoms with Crippen molar-refractivity contribution in [3.8, 4) is 0 Å². The first-order valence-corrected chi connectivity index (χ1v) is 9.75. The zero-order valence-corrected chi connectivity index (χ0v) is 17.4. The van der Waals surface area contributed by atoms with Crippen LogP contribution >= 0.6 is 15.9 Å².